The number of esters is 1. The third kappa shape index (κ3) is 9.36. The number of Topliss-reactive ketones (excluding diaryl/α,β-unsaturated/α-hetero) is 2. The maximum absolute atomic E-state index is 14.4. The Morgan fingerprint density at radius 1 is 0.982 bits per heavy atom. The summed E-state index contributed by atoms with van der Waals surface area (Å²) in [5.41, 5.74) is -1.99. The highest BCUT2D eigenvalue weighted by atomic mass is 16.7. The van der Waals surface area contributed by atoms with E-state index in [-0.39, 0.29) is 49.6 Å². The zero-order chi connectivity index (χ0) is 42.0. The van der Waals surface area contributed by atoms with E-state index in [1.807, 2.05) is 68.4 Å². The molecule has 14 nitrogen and oxygen atoms in total. The second-order valence-corrected chi connectivity index (χ2v) is 16.9. The summed E-state index contributed by atoms with van der Waals surface area (Å²) in [7, 11) is 5.17. The Labute approximate surface area is 335 Å². The van der Waals surface area contributed by atoms with Gasteiger partial charge in [-0.25, -0.2) is 4.79 Å². The van der Waals surface area contributed by atoms with Crippen molar-refractivity contribution >= 4 is 40.3 Å². The van der Waals surface area contributed by atoms with E-state index < -0.39 is 83.4 Å². The highest BCUT2D eigenvalue weighted by Crippen LogP contribution is 2.40. The highest BCUT2D eigenvalue weighted by Gasteiger charge is 2.57. The number of rotatable bonds is 9. The molecule has 3 aliphatic heterocycles. The minimum Gasteiger partial charge on any atom is -0.457 e. The Morgan fingerprint density at radius 2 is 1.67 bits per heavy atom. The molecule has 3 N–H and O–H groups in total. The summed E-state index contributed by atoms with van der Waals surface area (Å²) in [6.45, 7) is 11.8. The van der Waals surface area contributed by atoms with Gasteiger partial charge in [-0.1, -0.05) is 63.2 Å². The molecule has 1 unspecified atom stereocenters. The number of nitrogens with one attached hydrogen (secondary N) is 2. The fourth-order valence-electron chi connectivity index (χ4n) is 9.07. The van der Waals surface area contributed by atoms with E-state index in [9.17, 15) is 29.1 Å². The van der Waals surface area contributed by atoms with E-state index in [4.69, 9.17) is 23.7 Å². The molecule has 2 aromatic carbocycles. The lowest BCUT2D eigenvalue weighted by molar-refractivity contribution is -0.295. The predicted octanol–water partition coefficient (Wildman–Crippen LogP) is 3.97. The number of benzene rings is 2. The monoisotopic (exact) mass is 795 g/mol. The number of cyclic esters (lactones) is 1. The van der Waals surface area contributed by atoms with Crippen LogP contribution in [-0.2, 0) is 49.3 Å². The molecule has 14 heteroatoms. The number of alkyl carbamates (subject to hydrolysis) is 1. The zero-order valence-electron chi connectivity index (χ0n) is 34.9. The van der Waals surface area contributed by atoms with E-state index in [0.717, 1.165) is 16.3 Å². The van der Waals surface area contributed by atoms with Crippen molar-refractivity contribution in [1.82, 2.24) is 15.5 Å². The summed E-state index contributed by atoms with van der Waals surface area (Å²) in [5, 5.41) is 19.1. The summed E-state index contributed by atoms with van der Waals surface area (Å²) in [5.74, 6) is -5.72. The van der Waals surface area contributed by atoms with Crippen LogP contribution in [0.4, 0.5) is 4.79 Å². The van der Waals surface area contributed by atoms with E-state index in [0.29, 0.717) is 6.42 Å². The fraction of sp³-hybridized carbons (Fsp3) is 0.651. The number of aliphatic hydroxyl groups is 1. The van der Waals surface area contributed by atoms with Crippen LogP contribution in [0.2, 0.25) is 0 Å². The van der Waals surface area contributed by atoms with E-state index in [2.05, 4.69) is 10.6 Å². The van der Waals surface area contributed by atoms with Crippen LogP contribution in [0.25, 0.3) is 10.8 Å². The van der Waals surface area contributed by atoms with Gasteiger partial charge in [0.25, 0.3) is 0 Å². The van der Waals surface area contributed by atoms with Gasteiger partial charge in [0.2, 0.25) is 5.91 Å². The Balaban J connectivity index is 1.44. The number of ether oxygens (including phenoxy) is 5. The summed E-state index contributed by atoms with van der Waals surface area (Å²) in [4.78, 5) is 70.9. The average molecular weight is 796 g/mol. The van der Waals surface area contributed by atoms with Gasteiger partial charge in [-0.3, -0.25) is 19.2 Å². The van der Waals surface area contributed by atoms with E-state index in [1.54, 1.807) is 34.6 Å². The minimum absolute atomic E-state index is 0.0114. The molecule has 3 saturated heterocycles. The fourth-order valence-corrected chi connectivity index (χ4v) is 9.07. The van der Waals surface area contributed by atoms with Crippen LogP contribution >= 0.6 is 0 Å². The van der Waals surface area contributed by atoms with Crippen LogP contribution in [-0.4, -0.2) is 121 Å². The molecular formula is C43H61N3O11. The van der Waals surface area contributed by atoms with E-state index in [1.165, 1.54) is 14.0 Å². The smallest absolute Gasteiger partial charge is 0.408 e. The van der Waals surface area contributed by atoms with Crippen LogP contribution in [0.3, 0.4) is 0 Å². The molecule has 2 aromatic rings. The Bertz CT molecular complexity index is 1800. The number of methoxy groups -OCH3 is 1. The van der Waals surface area contributed by atoms with Crippen LogP contribution < -0.4 is 10.6 Å². The summed E-state index contributed by atoms with van der Waals surface area (Å²) < 4.78 is 30.8. The first kappa shape index (κ1) is 44.2. The first-order chi connectivity index (χ1) is 26.8. The normalized spacial score (nSPS) is 36.9. The van der Waals surface area contributed by atoms with Gasteiger partial charge < -0.3 is 44.3 Å². The van der Waals surface area contributed by atoms with E-state index >= 15 is 0 Å². The Morgan fingerprint density at radius 3 is 2.35 bits per heavy atom. The molecule has 3 aliphatic rings. The molecule has 0 aromatic heterocycles. The van der Waals surface area contributed by atoms with Gasteiger partial charge >= 0.3 is 12.1 Å². The minimum atomic E-state index is -1.55. The second-order valence-electron chi connectivity index (χ2n) is 16.9. The number of carbonyl (C=O) groups is 5. The lowest BCUT2D eigenvalue weighted by Crippen LogP contribution is -2.60. The van der Waals surface area contributed by atoms with Gasteiger partial charge in [0, 0.05) is 43.9 Å². The maximum atomic E-state index is 14.4. The number of fused-ring (bicyclic) bond motifs is 2. The van der Waals surface area contributed by atoms with Crippen molar-refractivity contribution < 1.29 is 52.8 Å². The molecule has 13 atom stereocenters. The molecule has 3 fully saturated rings. The molecule has 2 amide bonds. The second kappa shape index (κ2) is 17.9. The molecule has 314 valence electrons. The number of ketones is 2. The van der Waals surface area contributed by atoms with Crippen molar-refractivity contribution in [1.29, 1.82) is 0 Å². The molecular weight excluding hydrogens is 734 g/mol. The van der Waals surface area contributed by atoms with Gasteiger partial charge in [0.1, 0.15) is 23.9 Å². The van der Waals surface area contributed by atoms with Crippen LogP contribution in [0.1, 0.15) is 73.3 Å². The van der Waals surface area contributed by atoms with Crippen LogP contribution in [0, 0.1) is 23.7 Å². The Kier molecular flexibility index (Phi) is 13.9. The lowest BCUT2D eigenvalue weighted by atomic mass is 9.73. The number of amides is 2. The molecule has 0 saturated carbocycles. The Hall–Kier alpha value is -3.95. The van der Waals surface area contributed by atoms with Gasteiger partial charge in [-0.05, 0) is 71.0 Å². The zero-order valence-corrected chi connectivity index (χ0v) is 34.9. The summed E-state index contributed by atoms with van der Waals surface area (Å²) in [6.07, 6.45) is -4.78. The quantitative estimate of drug-likeness (QED) is 0.246. The number of carbonyl (C=O) groups excluding carboxylic acids is 5. The summed E-state index contributed by atoms with van der Waals surface area (Å²) in [6, 6.07) is 12.3. The van der Waals surface area contributed by atoms with Gasteiger partial charge in [0.05, 0.1) is 30.3 Å². The van der Waals surface area contributed by atoms with Crippen molar-refractivity contribution in [3.63, 3.8) is 0 Å². The highest BCUT2D eigenvalue weighted by molar-refractivity contribution is 6.00. The molecule has 0 spiro atoms. The third-order valence-electron chi connectivity index (χ3n) is 12.5. The van der Waals surface area contributed by atoms with Crippen molar-refractivity contribution in [3.8, 4) is 0 Å². The number of aliphatic hydroxyl groups excluding tert-OH is 1. The molecule has 5 rings (SSSR count). The standard InChI is InChI=1S/C43H61N3O11/c1-23-22-42(6,53-10)38(56-40-36(50)31(46(8)9)20-24(2)54-40)26(4)35(49)27(5)39(51)55-32(43(7)37(25(3)34(23)48)45-41(52)57-43)18-19-44-33(47)21-29-16-13-15-28-14-11-12-17-30(28)29/h11-17,23-27,31-32,36-38,40,50H,18-22H2,1-10H3,(H,44,47)(H,45,52)/t23-,24-,25+,26+,27-,31+,32-,36-,37?,38-,40+,42-,43-/m1/s1. The predicted molar refractivity (Wildman–Crippen MR) is 211 cm³/mol. The molecule has 0 radical (unpaired) electrons. The molecule has 0 aliphatic carbocycles. The van der Waals surface area contributed by atoms with Crippen LogP contribution in [0.15, 0.2) is 42.5 Å². The van der Waals surface area contributed by atoms with Gasteiger partial charge in [0.15, 0.2) is 17.7 Å². The molecule has 3 heterocycles. The number of nitrogens with zero attached hydrogens (tertiary/aromatic N) is 1. The van der Waals surface area contributed by atoms with Gasteiger partial charge in [-0.2, -0.15) is 0 Å². The maximum Gasteiger partial charge on any atom is 0.408 e. The third-order valence-corrected chi connectivity index (χ3v) is 12.5. The molecule has 57 heavy (non-hydrogen) atoms. The first-order valence-corrected chi connectivity index (χ1v) is 20.0. The SMILES string of the molecule is CO[C@]1(C)C[C@@H](C)C(=O)[C@H](C)C2NC(=O)O[C@]2(C)[C@@H](CCNC(=O)Cc2cccc3ccccc23)OC(=O)[C@H](C)C(=O)[C@H](C)[C@H]1O[C@@H]1O[C@H](C)C[C@H](N(C)C)[C@H]1O. The lowest BCUT2D eigenvalue weighted by Gasteiger charge is -2.47. The number of likely N-dealkylation sites (N-methyl/N-ethyl adjacent to an activating group) is 1. The first-order valence-electron chi connectivity index (χ1n) is 20.0. The average Bonchev–Trinajstić information content (AvgIpc) is 3.49. The van der Waals surface area contributed by atoms with Crippen molar-refractivity contribution in [2.45, 2.75) is 128 Å². The number of hydrogen-bond donors (Lipinski definition) is 3. The van der Waals surface area contributed by atoms with Gasteiger partial charge in [-0.15, -0.1) is 0 Å². The van der Waals surface area contributed by atoms with Crippen molar-refractivity contribution in [3.05, 3.63) is 48.0 Å². The van der Waals surface area contributed by atoms with Crippen LogP contribution in [0.5, 0.6) is 0 Å². The summed E-state index contributed by atoms with van der Waals surface area (Å²) >= 11 is 0. The largest absolute Gasteiger partial charge is 0.457 e. The van der Waals surface area contributed by atoms with Crippen molar-refractivity contribution in [2.24, 2.45) is 23.7 Å². The van der Waals surface area contributed by atoms with Crippen molar-refractivity contribution in [2.75, 3.05) is 27.7 Å². The number of hydrogen-bond acceptors (Lipinski definition) is 12. The topological polar surface area (TPSA) is 179 Å². The molecule has 0 bridgehead atoms.